The van der Waals surface area contributed by atoms with Crippen LogP contribution in [0.15, 0.2) is 15.9 Å². The van der Waals surface area contributed by atoms with Gasteiger partial charge in [-0.15, -0.1) is 11.3 Å². The largest absolute Gasteiger partial charge is 0.382 e. The van der Waals surface area contributed by atoms with Crippen molar-refractivity contribution in [3.05, 3.63) is 20.8 Å². The number of halogens is 1. The van der Waals surface area contributed by atoms with Gasteiger partial charge in [0.2, 0.25) is 0 Å². The Hall–Kier alpha value is -0.230. The van der Waals surface area contributed by atoms with Crippen LogP contribution < -0.4 is 0 Å². The van der Waals surface area contributed by atoms with Gasteiger partial charge in [0.05, 0.1) is 21.9 Å². The van der Waals surface area contributed by atoms with Crippen LogP contribution in [0.2, 0.25) is 0 Å². The Morgan fingerprint density at radius 3 is 2.86 bits per heavy atom. The van der Waals surface area contributed by atoms with E-state index in [0.29, 0.717) is 18.1 Å². The van der Waals surface area contributed by atoms with Gasteiger partial charge in [-0.2, -0.15) is 0 Å². The summed E-state index contributed by atoms with van der Waals surface area (Å²) in [6.07, 6.45) is 0. The van der Waals surface area contributed by atoms with Gasteiger partial charge in [-0.3, -0.25) is 4.79 Å². The average molecular weight is 279 g/mol. The molecule has 0 spiro atoms. The average Bonchev–Trinajstić information content (AvgIpc) is 2.59. The minimum absolute atomic E-state index is 0.0109. The highest BCUT2D eigenvalue weighted by Gasteiger charge is 2.08. The van der Waals surface area contributed by atoms with Gasteiger partial charge < -0.3 is 9.47 Å². The summed E-state index contributed by atoms with van der Waals surface area (Å²) in [5, 5.41) is 0. The molecule has 0 aliphatic rings. The lowest BCUT2D eigenvalue weighted by Gasteiger charge is -2.00. The maximum Gasteiger partial charge on any atom is 0.198 e. The number of Topliss-reactive ketones (excluding diaryl/α,β-unsaturated/α-hetero) is 1. The van der Waals surface area contributed by atoms with E-state index in [1.165, 1.54) is 11.3 Å². The van der Waals surface area contributed by atoms with Crippen molar-refractivity contribution >= 4 is 33.0 Å². The number of hydrogen-bond donors (Lipinski definition) is 0. The van der Waals surface area contributed by atoms with Crippen molar-refractivity contribution in [1.29, 1.82) is 0 Å². The molecule has 0 saturated carbocycles. The van der Waals surface area contributed by atoms with Crippen LogP contribution in [0.4, 0.5) is 0 Å². The Morgan fingerprint density at radius 2 is 2.29 bits per heavy atom. The highest BCUT2D eigenvalue weighted by molar-refractivity contribution is 9.11. The first kappa shape index (κ1) is 11.8. The normalized spacial score (nSPS) is 10.4. The first-order valence-electron chi connectivity index (χ1n) is 4.09. The molecule has 1 heterocycles. The van der Waals surface area contributed by atoms with Crippen LogP contribution in [0, 0.1) is 0 Å². The van der Waals surface area contributed by atoms with Crippen LogP contribution in [0.5, 0.6) is 0 Å². The van der Waals surface area contributed by atoms with Crippen molar-refractivity contribution in [1.82, 2.24) is 0 Å². The summed E-state index contributed by atoms with van der Waals surface area (Å²) in [5.74, 6) is 0.0109. The van der Waals surface area contributed by atoms with Crippen LogP contribution in [0.25, 0.3) is 0 Å². The molecule has 1 aromatic heterocycles. The van der Waals surface area contributed by atoms with Gasteiger partial charge in [-0.25, -0.2) is 0 Å². The van der Waals surface area contributed by atoms with Crippen LogP contribution >= 0.6 is 27.3 Å². The summed E-state index contributed by atoms with van der Waals surface area (Å²) < 4.78 is 10.9. The number of carbonyl (C=O) groups is 1. The van der Waals surface area contributed by atoms with Gasteiger partial charge in [0, 0.05) is 7.11 Å². The van der Waals surface area contributed by atoms with E-state index in [0.717, 1.165) is 3.79 Å². The Morgan fingerprint density at radius 1 is 1.50 bits per heavy atom. The predicted molar refractivity (Wildman–Crippen MR) is 59.0 cm³/mol. The SMILES string of the molecule is COCCOCC(=O)c1ccc(Br)s1. The van der Waals surface area contributed by atoms with E-state index in [4.69, 9.17) is 9.47 Å². The molecular weight excluding hydrogens is 268 g/mol. The van der Waals surface area contributed by atoms with Crippen molar-refractivity contribution in [2.75, 3.05) is 26.9 Å². The molecule has 0 N–H and O–H groups in total. The van der Waals surface area contributed by atoms with Gasteiger partial charge in [0.1, 0.15) is 6.61 Å². The molecule has 0 aliphatic heterocycles. The molecule has 0 saturated heterocycles. The number of ketones is 1. The van der Waals surface area contributed by atoms with E-state index in [2.05, 4.69) is 15.9 Å². The van der Waals surface area contributed by atoms with Crippen molar-refractivity contribution in [2.24, 2.45) is 0 Å². The van der Waals surface area contributed by atoms with Gasteiger partial charge in [-0.1, -0.05) is 0 Å². The van der Waals surface area contributed by atoms with Crippen LogP contribution in [0.3, 0.4) is 0 Å². The van der Waals surface area contributed by atoms with Crippen LogP contribution in [-0.4, -0.2) is 32.7 Å². The molecule has 0 amide bonds. The highest BCUT2D eigenvalue weighted by atomic mass is 79.9. The first-order chi connectivity index (χ1) is 6.74. The minimum Gasteiger partial charge on any atom is -0.382 e. The van der Waals surface area contributed by atoms with Crippen molar-refractivity contribution in [3.8, 4) is 0 Å². The summed E-state index contributed by atoms with van der Waals surface area (Å²) in [7, 11) is 1.60. The van der Waals surface area contributed by atoms with Crippen molar-refractivity contribution in [2.45, 2.75) is 0 Å². The third kappa shape index (κ3) is 3.88. The van der Waals surface area contributed by atoms with E-state index in [-0.39, 0.29) is 12.4 Å². The molecule has 0 unspecified atom stereocenters. The summed E-state index contributed by atoms with van der Waals surface area (Å²) in [5.41, 5.74) is 0. The third-order valence-electron chi connectivity index (χ3n) is 1.51. The Balaban J connectivity index is 2.29. The molecule has 0 fully saturated rings. The molecular formula is C9H11BrO3S. The topological polar surface area (TPSA) is 35.5 Å². The smallest absolute Gasteiger partial charge is 0.198 e. The van der Waals surface area contributed by atoms with E-state index in [1.807, 2.05) is 6.07 Å². The minimum atomic E-state index is 0.0109. The number of methoxy groups -OCH3 is 1. The molecule has 1 aromatic rings. The Bertz CT molecular complexity index is 298. The molecule has 0 radical (unpaired) electrons. The monoisotopic (exact) mass is 278 g/mol. The number of carbonyl (C=O) groups excluding carboxylic acids is 1. The van der Waals surface area contributed by atoms with Crippen LogP contribution in [-0.2, 0) is 9.47 Å². The lowest BCUT2D eigenvalue weighted by Crippen LogP contribution is -2.10. The Kier molecular flexibility index (Phi) is 5.32. The fourth-order valence-electron chi connectivity index (χ4n) is 0.842. The summed E-state index contributed by atoms with van der Waals surface area (Å²) in [6, 6.07) is 3.64. The fraction of sp³-hybridized carbons (Fsp3) is 0.444. The summed E-state index contributed by atoms with van der Waals surface area (Å²) in [6.45, 7) is 1.09. The zero-order valence-electron chi connectivity index (χ0n) is 7.79. The zero-order chi connectivity index (χ0) is 10.4. The number of ether oxygens (including phenoxy) is 2. The molecule has 0 aromatic carbocycles. The van der Waals surface area contributed by atoms with E-state index >= 15 is 0 Å². The molecule has 3 nitrogen and oxygen atoms in total. The lowest BCUT2D eigenvalue weighted by atomic mass is 10.3. The van der Waals surface area contributed by atoms with Crippen molar-refractivity contribution in [3.63, 3.8) is 0 Å². The quantitative estimate of drug-likeness (QED) is 0.592. The summed E-state index contributed by atoms with van der Waals surface area (Å²) in [4.78, 5) is 12.2. The van der Waals surface area contributed by atoms with Crippen LogP contribution in [0.1, 0.15) is 9.67 Å². The second kappa shape index (κ2) is 6.29. The van der Waals surface area contributed by atoms with Gasteiger partial charge in [0.25, 0.3) is 0 Å². The lowest BCUT2D eigenvalue weighted by molar-refractivity contribution is 0.0579. The Labute approximate surface area is 95.2 Å². The highest BCUT2D eigenvalue weighted by Crippen LogP contribution is 2.22. The molecule has 0 aliphatic carbocycles. The standard InChI is InChI=1S/C9H11BrO3S/c1-12-4-5-13-6-7(11)8-2-3-9(10)14-8/h2-3H,4-6H2,1H3. The fourth-order valence-corrected chi connectivity index (χ4v) is 2.15. The number of thiophene rings is 1. The third-order valence-corrected chi connectivity index (χ3v) is 3.18. The van der Waals surface area contributed by atoms with Gasteiger partial charge in [0.15, 0.2) is 5.78 Å². The molecule has 78 valence electrons. The maximum absolute atomic E-state index is 11.4. The maximum atomic E-state index is 11.4. The van der Waals surface area contributed by atoms with E-state index < -0.39 is 0 Å². The zero-order valence-corrected chi connectivity index (χ0v) is 10.2. The molecule has 5 heteroatoms. The van der Waals surface area contributed by atoms with Gasteiger partial charge >= 0.3 is 0 Å². The van der Waals surface area contributed by atoms with Gasteiger partial charge in [-0.05, 0) is 28.1 Å². The van der Waals surface area contributed by atoms with Crippen molar-refractivity contribution < 1.29 is 14.3 Å². The molecule has 14 heavy (non-hydrogen) atoms. The van der Waals surface area contributed by atoms with E-state index in [1.54, 1.807) is 13.2 Å². The predicted octanol–water partition coefficient (Wildman–Crippen LogP) is 2.36. The summed E-state index contributed by atoms with van der Waals surface area (Å²) >= 11 is 4.71. The second-order valence-electron chi connectivity index (χ2n) is 2.57. The molecule has 1 rings (SSSR count). The second-order valence-corrected chi connectivity index (χ2v) is 5.04. The number of hydrogen-bond acceptors (Lipinski definition) is 4. The first-order valence-corrected chi connectivity index (χ1v) is 5.70. The number of rotatable bonds is 6. The molecule has 0 atom stereocenters. The van der Waals surface area contributed by atoms with E-state index in [9.17, 15) is 4.79 Å². The molecule has 0 bridgehead atoms.